The molecular weight excluding hydrogens is 276 g/mol. The van der Waals surface area contributed by atoms with Gasteiger partial charge in [0.25, 0.3) is 0 Å². The summed E-state index contributed by atoms with van der Waals surface area (Å²) in [6.45, 7) is 5.58. The molecule has 1 heterocycles. The third-order valence-corrected chi connectivity index (χ3v) is 5.45. The van der Waals surface area contributed by atoms with Crippen molar-refractivity contribution in [2.75, 3.05) is 5.75 Å². The molecule has 1 aromatic carbocycles. The number of fused-ring (bicyclic) bond motifs is 1. The summed E-state index contributed by atoms with van der Waals surface area (Å²) in [7, 11) is -1.43. The Kier molecular flexibility index (Phi) is 4.48. The van der Waals surface area contributed by atoms with Gasteiger partial charge in [-0.25, -0.2) is 0 Å². The highest BCUT2D eigenvalue weighted by Crippen LogP contribution is 2.30. The monoisotopic (exact) mass is 296 g/mol. The van der Waals surface area contributed by atoms with E-state index in [2.05, 4.69) is 6.07 Å². The first kappa shape index (κ1) is 15.0. The molecule has 0 amide bonds. The summed E-state index contributed by atoms with van der Waals surface area (Å²) in [6, 6.07) is 5.96. The molecule has 4 nitrogen and oxygen atoms in total. The SMILES string of the molecule is Cc1ccc2c(c1)CC(CS(=O)C(C(=O)O)C(C)C)O2. The third kappa shape index (κ3) is 3.20. The lowest BCUT2D eigenvalue weighted by molar-refractivity contribution is -0.137. The standard InChI is InChI=1S/C15H20O4S/c1-9(2)14(15(16)17)20(18)8-12-7-11-6-10(3)4-5-13(11)19-12/h4-6,9,12,14H,7-8H2,1-3H3,(H,16,17). The molecule has 3 unspecified atom stereocenters. The zero-order chi connectivity index (χ0) is 14.9. The lowest BCUT2D eigenvalue weighted by atomic mass is 10.1. The minimum absolute atomic E-state index is 0.153. The van der Waals surface area contributed by atoms with E-state index in [-0.39, 0.29) is 17.8 Å². The number of rotatable bonds is 5. The molecule has 0 aromatic heterocycles. The van der Waals surface area contributed by atoms with Gasteiger partial charge in [0, 0.05) is 17.2 Å². The number of carboxylic acid groups (broad SMARTS) is 1. The van der Waals surface area contributed by atoms with Gasteiger partial charge in [0.05, 0.1) is 5.75 Å². The number of hydrogen-bond acceptors (Lipinski definition) is 3. The highest BCUT2D eigenvalue weighted by molar-refractivity contribution is 7.86. The third-order valence-electron chi connectivity index (χ3n) is 3.44. The molecule has 2 rings (SSSR count). The maximum Gasteiger partial charge on any atom is 0.319 e. The van der Waals surface area contributed by atoms with Crippen LogP contribution in [-0.4, -0.2) is 32.4 Å². The highest BCUT2D eigenvalue weighted by atomic mass is 32.2. The van der Waals surface area contributed by atoms with Crippen molar-refractivity contribution < 1.29 is 18.8 Å². The van der Waals surface area contributed by atoms with Crippen molar-refractivity contribution in [1.29, 1.82) is 0 Å². The largest absolute Gasteiger partial charge is 0.489 e. The zero-order valence-corrected chi connectivity index (χ0v) is 12.8. The molecular formula is C15H20O4S. The summed E-state index contributed by atoms with van der Waals surface area (Å²) < 4.78 is 18.0. The van der Waals surface area contributed by atoms with Gasteiger partial charge >= 0.3 is 5.97 Å². The van der Waals surface area contributed by atoms with Gasteiger partial charge < -0.3 is 9.84 Å². The Morgan fingerprint density at radius 3 is 2.80 bits per heavy atom. The highest BCUT2D eigenvalue weighted by Gasteiger charge is 2.32. The summed E-state index contributed by atoms with van der Waals surface area (Å²) in [4.78, 5) is 11.2. The van der Waals surface area contributed by atoms with Crippen LogP contribution in [0.5, 0.6) is 5.75 Å². The van der Waals surface area contributed by atoms with Gasteiger partial charge in [-0.1, -0.05) is 31.5 Å². The smallest absolute Gasteiger partial charge is 0.319 e. The first-order valence-electron chi connectivity index (χ1n) is 6.74. The fraction of sp³-hybridized carbons (Fsp3) is 0.533. The molecule has 1 aliphatic heterocycles. The second-order valence-electron chi connectivity index (χ2n) is 5.61. The minimum atomic E-state index is -1.43. The Hall–Kier alpha value is -1.36. The van der Waals surface area contributed by atoms with Crippen molar-refractivity contribution in [2.24, 2.45) is 5.92 Å². The van der Waals surface area contributed by atoms with Gasteiger partial charge in [-0.3, -0.25) is 9.00 Å². The first-order chi connectivity index (χ1) is 9.38. The number of carboxylic acids is 1. The van der Waals surface area contributed by atoms with Gasteiger partial charge in [0.1, 0.15) is 17.1 Å². The van der Waals surface area contributed by atoms with Crippen LogP contribution in [0.15, 0.2) is 18.2 Å². The molecule has 0 radical (unpaired) electrons. The predicted octanol–water partition coefficient (Wildman–Crippen LogP) is 2.16. The van der Waals surface area contributed by atoms with Crippen molar-refractivity contribution in [2.45, 2.75) is 38.5 Å². The quantitative estimate of drug-likeness (QED) is 0.904. The van der Waals surface area contributed by atoms with Crippen molar-refractivity contribution in [1.82, 2.24) is 0 Å². The normalized spacial score (nSPS) is 20.3. The minimum Gasteiger partial charge on any atom is -0.489 e. The Labute approximate surface area is 121 Å². The van der Waals surface area contributed by atoms with Crippen LogP contribution in [0, 0.1) is 12.8 Å². The molecule has 0 saturated carbocycles. The van der Waals surface area contributed by atoms with Crippen LogP contribution < -0.4 is 4.74 Å². The summed E-state index contributed by atoms with van der Waals surface area (Å²) in [5, 5.41) is 8.33. The zero-order valence-electron chi connectivity index (χ0n) is 12.0. The Morgan fingerprint density at radius 2 is 2.20 bits per heavy atom. The molecule has 1 aromatic rings. The summed E-state index contributed by atoms with van der Waals surface area (Å²) >= 11 is 0. The Bertz CT molecular complexity index is 539. The molecule has 110 valence electrons. The van der Waals surface area contributed by atoms with Crippen LogP contribution in [0.2, 0.25) is 0 Å². The number of aryl methyl sites for hydroxylation is 1. The number of benzene rings is 1. The van der Waals surface area contributed by atoms with Crippen LogP contribution >= 0.6 is 0 Å². The van der Waals surface area contributed by atoms with E-state index >= 15 is 0 Å². The fourth-order valence-corrected chi connectivity index (χ4v) is 4.12. The number of hydrogen-bond donors (Lipinski definition) is 1. The van der Waals surface area contributed by atoms with Crippen LogP contribution in [0.4, 0.5) is 0 Å². The second kappa shape index (κ2) is 5.95. The molecule has 0 spiro atoms. The van der Waals surface area contributed by atoms with Gasteiger partial charge in [-0.05, 0) is 24.5 Å². The van der Waals surface area contributed by atoms with Gasteiger partial charge in [0.15, 0.2) is 0 Å². The van der Waals surface area contributed by atoms with Crippen molar-refractivity contribution in [3.63, 3.8) is 0 Å². The first-order valence-corrected chi connectivity index (χ1v) is 8.13. The Balaban J connectivity index is 2.03. The Morgan fingerprint density at radius 1 is 1.50 bits per heavy atom. The maximum atomic E-state index is 12.3. The fourth-order valence-electron chi connectivity index (χ4n) is 2.53. The number of carbonyl (C=O) groups is 1. The average molecular weight is 296 g/mol. The molecule has 0 aliphatic carbocycles. The molecule has 0 bridgehead atoms. The van der Waals surface area contributed by atoms with E-state index in [9.17, 15) is 9.00 Å². The second-order valence-corrected chi connectivity index (χ2v) is 7.21. The van der Waals surface area contributed by atoms with E-state index in [4.69, 9.17) is 9.84 Å². The van der Waals surface area contributed by atoms with Crippen molar-refractivity contribution in [3.05, 3.63) is 29.3 Å². The van der Waals surface area contributed by atoms with Crippen LogP contribution in [-0.2, 0) is 22.0 Å². The van der Waals surface area contributed by atoms with E-state index in [1.54, 1.807) is 13.8 Å². The molecule has 0 fully saturated rings. The van der Waals surface area contributed by atoms with E-state index in [0.717, 1.165) is 11.3 Å². The molecule has 1 aliphatic rings. The van der Waals surface area contributed by atoms with Crippen LogP contribution in [0.3, 0.4) is 0 Å². The van der Waals surface area contributed by atoms with E-state index < -0.39 is 22.0 Å². The summed E-state index contributed by atoms with van der Waals surface area (Å²) in [5.74, 6) is -0.0545. The van der Waals surface area contributed by atoms with Crippen molar-refractivity contribution in [3.8, 4) is 5.75 Å². The average Bonchev–Trinajstić information content (AvgIpc) is 2.68. The summed E-state index contributed by atoms with van der Waals surface area (Å²) in [5.41, 5.74) is 2.28. The predicted molar refractivity (Wildman–Crippen MR) is 78.6 cm³/mol. The maximum absolute atomic E-state index is 12.3. The van der Waals surface area contributed by atoms with Crippen molar-refractivity contribution >= 4 is 16.8 Å². The number of ether oxygens (including phenoxy) is 1. The van der Waals surface area contributed by atoms with Crippen LogP contribution in [0.1, 0.15) is 25.0 Å². The van der Waals surface area contributed by atoms with Gasteiger partial charge in [-0.15, -0.1) is 0 Å². The molecule has 1 N–H and O–H groups in total. The topological polar surface area (TPSA) is 63.6 Å². The molecule has 3 atom stereocenters. The van der Waals surface area contributed by atoms with E-state index in [1.807, 2.05) is 19.1 Å². The van der Waals surface area contributed by atoms with Crippen LogP contribution in [0.25, 0.3) is 0 Å². The van der Waals surface area contributed by atoms with Gasteiger partial charge in [-0.2, -0.15) is 0 Å². The lowest BCUT2D eigenvalue weighted by Crippen LogP contribution is -2.36. The number of aliphatic carboxylic acids is 1. The van der Waals surface area contributed by atoms with E-state index in [1.165, 1.54) is 5.56 Å². The summed E-state index contributed by atoms with van der Waals surface area (Å²) in [6.07, 6.45) is 0.515. The van der Waals surface area contributed by atoms with E-state index in [0.29, 0.717) is 6.42 Å². The molecule has 0 saturated heterocycles. The van der Waals surface area contributed by atoms with Gasteiger partial charge in [0.2, 0.25) is 0 Å². The molecule has 5 heteroatoms. The lowest BCUT2D eigenvalue weighted by Gasteiger charge is -2.18. The molecule has 20 heavy (non-hydrogen) atoms.